The Labute approximate surface area is 90.7 Å². The van der Waals surface area contributed by atoms with E-state index in [9.17, 15) is 10.0 Å². The topological polar surface area (TPSA) is 89.2 Å². The predicted octanol–water partition coefficient (Wildman–Crippen LogP) is 0.296. The summed E-state index contributed by atoms with van der Waals surface area (Å²) in [5.74, 6) is -0.700. The molecule has 1 aromatic carbocycles. The number of carbonyl (C=O) groups is 1. The summed E-state index contributed by atoms with van der Waals surface area (Å²) < 4.78 is 0.397. The number of carbonyl (C=O) groups excluding carboxylic acids is 1. The molecule has 6 nitrogen and oxygen atoms in total. The number of para-hydroxylation sites is 1. The molecule has 0 radical (unpaired) electrons. The molecule has 0 fully saturated rings. The Balaban J connectivity index is 2.87. The molecule has 0 unspecified atom stereocenters. The van der Waals surface area contributed by atoms with E-state index in [2.05, 4.69) is 4.98 Å². The van der Waals surface area contributed by atoms with E-state index in [0.29, 0.717) is 15.6 Å². The first kappa shape index (κ1) is 10.3. The molecule has 0 saturated carbocycles. The number of aryl methyl sites for hydroxylation is 1. The van der Waals surface area contributed by atoms with Gasteiger partial charge in [0.15, 0.2) is 5.52 Å². The Morgan fingerprint density at radius 1 is 1.50 bits per heavy atom. The van der Waals surface area contributed by atoms with Crippen molar-refractivity contribution in [3.8, 4) is 0 Å². The zero-order chi connectivity index (χ0) is 11.7. The van der Waals surface area contributed by atoms with Crippen LogP contribution in [0.1, 0.15) is 16.3 Å². The number of hydroxylamine groups is 1. The molecule has 2 N–H and O–H groups in total. The van der Waals surface area contributed by atoms with Crippen LogP contribution in [0.2, 0.25) is 0 Å². The molecule has 1 aromatic heterocycles. The number of rotatable bonds is 1. The second-order valence-corrected chi connectivity index (χ2v) is 3.26. The third-order valence-corrected chi connectivity index (χ3v) is 2.26. The lowest BCUT2D eigenvalue weighted by molar-refractivity contribution is -0.616. The van der Waals surface area contributed by atoms with E-state index in [-0.39, 0.29) is 11.5 Å². The van der Waals surface area contributed by atoms with Gasteiger partial charge in [0.25, 0.3) is 5.82 Å². The van der Waals surface area contributed by atoms with E-state index in [1.54, 1.807) is 24.3 Å². The molecule has 0 bridgehead atoms. The van der Waals surface area contributed by atoms with E-state index in [1.807, 2.05) is 0 Å². The molecule has 0 saturated heterocycles. The molecule has 0 aliphatic rings. The van der Waals surface area contributed by atoms with Crippen molar-refractivity contribution in [3.05, 3.63) is 41.0 Å². The summed E-state index contributed by atoms with van der Waals surface area (Å²) in [4.78, 5) is 15.4. The van der Waals surface area contributed by atoms with Crippen molar-refractivity contribution < 1.29 is 14.7 Å². The fraction of sp³-hybridized carbons (Fsp3) is 0.100. The van der Waals surface area contributed by atoms with Gasteiger partial charge in [0.1, 0.15) is 0 Å². The molecular weight excluding hydrogens is 210 g/mol. The third-order valence-electron chi connectivity index (χ3n) is 2.26. The maximum absolute atomic E-state index is 11.7. The predicted molar refractivity (Wildman–Crippen MR) is 54.7 cm³/mol. The van der Waals surface area contributed by atoms with Crippen molar-refractivity contribution in [2.75, 3.05) is 0 Å². The molecule has 1 heterocycles. The summed E-state index contributed by atoms with van der Waals surface area (Å²) in [6, 6.07) is 6.73. The molecule has 6 heteroatoms. The van der Waals surface area contributed by atoms with Crippen LogP contribution < -0.4 is 10.2 Å². The monoisotopic (exact) mass is 219 g/mol. The van der Waals surface area contributed by atoms with Crippen LogP contribution >= 0.6 is 0 Å². The summed E-state index contributed by atoms with van der Waals surface area (Å²) >= 11 is 0. The lowest BCUT2D eigenvalue weighted by Crippen LogP contribution is -2.42. The number of fused-ring (bicyclic) bond motifs is 1. The van der Waals surface area contributed by atoms with Crippen LogP contribution in [0.5, 0.6) is 0 Å². The minimum Gasteiger partial charge on any atom is -0.710 e. The first-order chi connectivity index (χ1) is 7.65. The van der Waals surface area contributed by atoms with Crippen molar-refractivity contribution in [1.82, 2.24) is 10.5 Å². The van der Waals surface area contributed by atoms with Crippen LogP contribution in [0, 0.1) is 12.1 Å². The summed E-state index contributed by atoms with van der Waals surface area (Å²) in [6.07, 6.45) is 0. The van der Waals surface area contributed by atoms with Crippen LogP contribution in [0.4, 0.5) is 0 Å². The number of benzene rings is 1. The number of hydrogen-bond acceptors (Lipinski definition) is 4. The van der Waals surface area contributed by atoms with Gasteiger partial charge in [-0.05, 0) is 17.1 Å². The molecule has 0 aliphatic heterocycles. The number of amides is 1. The number of hydrogen-bond donors (Lipinski definition) is 2. The maximum atomic E-state index is 11.7. The van der Waals surface area contributed by atoms with Crippen molar-refractivity contribution in [2.24, 2.45) is 0 Å². The van der Waals surface area contributed by atoms with E-state index >= 15 is 0 Å². The van der Waals surface area contributed by atoms with E-state index < -0.39 is 5.91 Å². The van der Waals surface area contributed by atoms with Crippen LogP contribution in [-0.4, -0.2) is 16.1 Å². The summed E-state index contributed by atoms with van der Waals surface area (Å²) in [7, 11) is 0. The van der Waals surface area contributed by atoms with Gasteiger partial charge in [0, 0.05) is 6.92 Å². The molecule has 2 aromatic rings. The highest BCUT2D eigenvalue weighted by Crippen LogP contribution is 2.13. The Bertz CT molecular complexity index is 568. The quantitative estimate of drug-likeness (QED) is 0.312. The number of aromatic nitrogens is 2. The first-order valence-electron chi connectivity index (χ1n) is 4.58. The normalized spacial score (nSPS) is 10.4. The fourth-order valence-corrected chi connectivity index (χ4v) is 1.53. The smallest absolute Gasteiger partial charge is 0.315 e. The Kier molecular flexibility index (Phi) is 2.41. The van der Waals surface area contributed by atoms with Gasteiger partial charge in [0.05, 0.1) is 5.39 Å². The zero-order valence-electron chi connectivity index (χ0n) is 8.47. The molecule has 0 atom stereocenters. The van der Waals surface area contributed by atoms with Gasteiger partial charge in [-0.1, -0.05) is 12.1 Å². The average molecular weight is 219 g/mol. The zero-order valence-corrected chi connectivity index (χ0v) is 8.47. The van der Waals surface area contributed by atoms with Gasteiger partial charge < -0.3 is 5.21 Å². The maximum Gasteiger partial charge on any atom is 0.315 e. The highest BCUT2D eigenvalue weighted by Gasteiger charge is 2.20. The summed E-state index contributed by atoms with van der Waals surface area (Å²) in [5, 5.41) is 20.7. The molecule has 16 heavy (non-hydrogen) atoms. The van der Waals surface area contributed by atoms with Gasteiger partial charge in [0.2, 0.25) is 5.69 Å². The van der Waals surface area contributed by atoms with E-state index in [0.717, 1.165) is 0 Å². The Hall–Kier alpha value is -2.21. The van der Waals surface area contributed by atoms with Gasteiger partial charge >= 0.3 is 5.91 Å². The fourth-order valence-electron chi connectivity index (χ4n) is 1.53. The highest BCUT2D eigenvalue weighted by atomic mass is 16.5. The lowest BCUT2D eigenvalue weighted by atomic mass is 10.2. The minimum atomic E-state index is -0.850. The van der Waals surface area contributed by atoms with Gasteiger partial charge in [-0.2, -0.15) is 0 Å². The minimum absolute atomic E-state index is 0.150. The molecule has 0 spiro atoms. The number of nitrogens with one attached hydrogen (secondary N) is 1. The van der Waals surface area contributed by atoms with E-state index in [1.165, 1.54) is 12.4 Å². The second-order valence-electron chi connectivity index (χ2n) is 3.26. The van der Waals surface area contributed by atoms with Crippen molar-refractivity contribution >= 4 is 16.8 Å². The number of nitrogens with zero attached hydrogens (tertiary/aromatic N) is 2. The molecule has 1 amide bonds. The lowest BCUT2D eigenvalue weighted by Gasteiger charge is -2.10. The highest BCUT2D eigenvalue weighted by molar-refractivity contribution is 6.02. The van der Waals surface area contributed by atoms with E-state index in [4.69, 9.17) is 5.21 Å². The molecule has 0 aliphatic carbocycles. The Morgan fingerprint density at radius 3 is 2.88 bits per heavy atom. The third kappa shape index (κ3) is 1.45. The van der Waals surface area contributed by atoms with Gasteiger partial charge in [-0.15, -0.1) is 0 Å². The van der Waals surface area contributed by atoms with Crippen LogP contribution in [0.25, 0.3) is 10.9 Å². The van der Waals surface area contributed by atoms with Crippen molar-refractivity contribution in [2.45, 2.75) is 6.92 Å². The second kappa shape index (κ2) is 3.74. The summed E-state index contributed by atoms with van der Waals surface area (Å²) in [6.45, 7) is 1.49. The van der Waals surface area contributed by atoms with Crippen LogP contribution in [0.3, 0.4) is 0 Å². The van der Waals surface area contributed by atoms with Gasteiger partial charge in [-0.25, -0.2) is 10.2 Å². The van der Waals surface area contributed by atoms with Crippen LogP contribution in [0.15, 0.2) is 24.3 Å². The van der Waals surface area contributed by atoms with Crippen LogP contribution in [-0.2, 0) is 0 Å². The first-order valence-corrected chi connectivity index (χ1v) is 4.58. The molecule has 82 valence electrons. The standard InChI is InChI=1S/C10H9N3O3/c1-6-11-8-5-3-2-4-7(8)9(13(6)16)10(14)12-15/h2-5,15H,1H3,(H,12,14). The van der Waals surface area contributed by atoms with Crippen molar-refractivity contribution in [1.29, 1.82) is 0 Å². The van der Waals surface area contributed by atoms with Gasteiger partial charge in [-0.3, -0.25) is 10.0 Å². The SMILES string of the molecule is Cc1nc2ccccc2c(C(=O)NO)[n+]1[O-]. The largest absolute Gasteiger partial charge is 0.710 e. The molecular formula is C10H9N3O3. The van der Waals surface area contributed by atoms with Crippen molar-refractivity contribution in [3.63, 3.8) is 0 Å². The Morgan fingerprint density at radius 2 is 2.19 bits per heavy atom. The average Bonchev–Trinajstić information content (AvgIpc) is 2.30. The summed E-state index contributed by atoms with van der Waals surface area (Å²) in [5.41, 5.74) is 1.83. The molecule has 2 rings (SSSR count).